The third kappa shape index (κ3) is 1.77. The summed E-state index contributed by atoms with van der Waals surface area (Å²) < 4.78 is 0. The van der Waals surface area contributed by atoms with Crippen molar-refractivity contribution in [3.05, 3.63) is 40.9 Å². The fourth-order valence-electron chi connectivity index (χ4n) is 1.05. The number of halogens is 2. The van der Waals surface area contributed by atoms with Gasteiger partial charge in [0, 0.05) is 15.8 Å². The van der Waals surface area contributed by atoms with Gasteiger partial charge in [-0.15, -0.1) is 0 Å². The summed E-state index contributed by atoms with van der Waals surface area (Å²) in [5.74, 6) is 0.447. The monoisotopic (exact) mass is 228 g/mol. The lowest BCUT2D eigenvalue weighted by Crippen LogP contribution is -2.95. The molecular formula is C8H6Cl2N4. The molecule has 14 heavy (non-hydrogen) atoms. The second-order valence-corrected chi connectivity index (χ2v) is 3.52. The van der Waals surface area contributed by atoms with Crippen LogP contribution < -0.4 is 5.12 Å². The summed E-state index contributed by atoms with van der Waals surface area (Å²) in [4.78, 5) is 0. The molecule has 2 rings (SSSR count). The molecule has 0 fully saturated rings. The highest BCUT2D eigenvalue weighted by molar-refractivity contribution is 6.36. The maximum Gasteiger partial charge on any atom is 0.242 e. The van der Waals surface area contributed by atoms with Crippen molar-refractivity contribution >= 4 is 29.0 Å². The minimum atomic E-state index is 0.371. The maximum absolute atomic E-state index is 5.95. The summed E-state index contributed by atoms with van der Waals surface area (Å²) in [6, 6.07) is 5.09. The van der Waals surface area contributed by atoms with Crippen LogP contribution in [0.3, 0.4) is 0 Å². The molecule has 1 aliphatic rings. The van der Waals surface area contributed by atoms with Crippen molar-refractivity contribution in [3.8, 4) is 0 Å². The van der Waals surface area contributed by atoms with Crippen LogP contribution in [-0.2, 0) is 0 Å². The molecule has 0 amide bonds. The van der Waals surface area contributed by atoms with Gasteiger partial charge in [0.15, 0.2) is 0 Å². The molecule has 0 radical (unpaired) electrons. The predicted molar refractivity (Wildman–Crippen MR) is 54.2 cm³/mol. The fourth-order valence-corrected chi connectivity index (χ4v) is 1.43. The molecular weight excluding hydrogens is 223 g/mol. The Labute approximate surface area is 90.8 Å². The Morgan fingerprint density at radius 1 is 1.29 bits per heavy atom. The quantitative estimate of drug-likeness (QED) is 0.712. The van der Waals surface area contributed by atoms with E-state index in [0.717, 1.165) is 0 Å². The Morgan fingerprint density at radius 3 is 2.71 bits per heavy atom. The highest BCUT2D eigenvalue weighted by Gasteiger charge is 2.15. The first-order valence-electron chi connectivity index (χ1n) is 3.81. The Balaban J connectivity index is 2.46. The highest BCUT2D eigenvalue weighted by Crippen LogP contribution is 2.21. The van der Waals surface area contributed by atoms with Crippen molar-refractivity contribution in [1.82, 2.24) is 0 Å². The van der Waals surface area contributed by atoms with E-state index in [9.17, 15) is 0 Å². The molecule has 6 heteroatoms. The molecule has 1 N–H and O–H groups in total. The number of quaternary nitrogens is 1. The first-order valence-corrected chi connectivity index (χ1v) is 4.57. The van der Waals surface area contributed by atoms with E-state index in [1.807, 2.05) is 0 Å². The molecule has 0 spiro atoms. The van der Waals surface area contributed by atoms with Gasteiger partial charge in [-0.3, -0.25) is 0 Å². The Bertz CT molecular complexity index is 427. The number of nitrogens with zero attached hydrogens (tertiary/aromatic N) is 3. The van der Waals surface area contributed by atoms with Crippen molar-refractivity contribution in [3.63, 3.8) is 0 Å². The molecule has 72 valence electrons. The van der Waals surface area contributed by atoms with E-state index in [-0.39, 0.29) is 0 Å². The zero-order valence-corrected chi connectivity index (χ0v) is 8.55. The summed E-state index contributed by atoms with van der Waals surface area (Å²) in [6.45, 7) is 0. The van der Waals surface area contributed by atoms with Crippen LogP contribution in [0.4, 0.5) is 0 Å². The molecule has 0 bridgehead atoms. The van der Waals surface area contributed by atoms with E-state index < -0.39 is 0 Å². The molecule has 0 saturated carbocycles. The Kier molecular flexibility index (Phi) is 2.50. The molecule has 1 unspecified atom stereocenters. The normalized spacial score (nSPS) is 19.9. The van der Waals surface area contributed by atoms with E-state index in [1.54, 1.807) is 18.2 Å². The molecule has 4 nitrogen and oxygen atoms in total. The summed E-state index contributed by atoms with van der Waals surface area (Å²) in [5.41, 5.74) is 0.668. The van der Waals surface area contributed by atoms with Gasteiger partial charge in [0.25, 0.3) is 0 Å². The Morgan fingerprint density at radius 2 is 2.07 bits per heavy atom. The van der Waals surface area contributed by atoms with Crippen molar-refractivity contribution < 1.29 is 5.12 Å². The summed E-state index contributed by atoms with van der Waals surface area (Å²) in [5, 5.41) is 13.0. The molecule has 1 aliphatic heterocycles. The minimum absolute atomic E-state index is 0.371. The van der Waals surface area contributed by atoms with E-state index in [1.165, 1.54) is 0 Å². The van der Waals surface area contributed by atoms with Gasteiger partial charge < -0.3 is 0 Å². The van der Waals surface area contributed by atoms with Crippen LogP contribution in [-0.4, -0.2) is 5.84 Å². The molecule has 1 aromatic rings. The zero-order valence-electron chi connectivity index (χ0n) is 7.04. The van der Waals surface area contributed by atoms with Crippen molar-refractivity contribution in [1.29, 1.82) is 0 Å². The summed E-state index contributed by atoms with van der Waals surface area (Å²) >= 11 is 11.8. The lowest BCUT2D eigenvalue weighted by atomic mass is 10.2. The summed E-state index contributed by atoms with van der Waals surface area (Å²) in [7, 11) is 3.56. The van der Waals surface area contributed by atoms with Crippen molar-refractivity contribution in [2.24, 2.45) is 15.4 Å². The topological polar surface area (TPSA) is 41.5 Å². The average molecular weight is 229 g/mol. The van der Waals surface area contributed by atoms with Crippen LogP contribution in [0.2, 0.25) is 10.0 Å². The SMILES string of the molecule is [CH2-][NH+]1N=NC(c2cc(Cl)ccc2Cl)=N1. The van der Waals surface area contributed by atoms with Gasteiger partial charge in [-0.05, 0) is 18.2 Å². The van der Waals surface area contributed by atoms with Crippen LogP contribution in [0.25, 0.3) is 0 Å². The molecule has 1 heterocycles. The van der Waals surface area contributed by atoms with Gasteiger partial charge in [-0.1, -0.05) is 40.5 Å². The lowest BCUT2D eigenvalue weighted by molar-refractivity contribution is -0.868. The van der Waals surface area contributed by atoms with E-state index in [2.05, 4.69) is 22.5 Å². The third-order valence-electron chi connectivity index (χ3n) is 1.66. The number of benzene rings is 1. The van der Waals surface area contributed by atoms with Gasteiger partial charge >= 0.3 is 0 Å². The fraction of sp³-hybridized carbons (Fsp3) is 0. The molecule has 0 aromatic heterocycles. The van der Waals surface area contributed by atoms with E-state index in [4.69, 9.17) is 23.2 Å². The number of rotatable bonds is 1. The number of amidine groups is 1. The predicted octanol–water partition coefficient (Wildman–Crippen LogP) is 1.71. The van der Waals surface area contributed by atoms with Crippen molar-refractivity contribution in [2.75, 3.05) is 0 Å². The lowest BCUT2D eigenvalue weighted by Gasteiger charge is -1.99. The minimum Gasteiger partial charge on any atom is -0.192 e. The van der Waals surface area contributed by atoms with E-state index in [0.29, 0.717) is 26.6 Å². The van der Waals surface area contributed by atoms with Crippen LogP contribution in [0.1, 0.15) is 5.56 Å². The molecule has 0 aliphatic carbocycles. The molecule has 0 saturated heterocycles. The standard InChI is InChI=1S/C8H6Cl2N4/c1-14-12-8(11-13-14)6-4-5(9)2-3-7(6)10/h2-4,14H,1H2. The number of hydrogen-bond acceptors (Lipinski definition) is 3. The van der Waals surface area contributed by atoms with Crippen molar-refractivity contribution in [2.45, 2.75) is 0 Å². The van der Waals surface area contributed by atoms with Gasteiger partial charge in [0.2, 0.25) is 5.84 Å². The van der Waals surface area contributed by atoms with Crippen LogP contribution in [0.5, 0.6) is 0 Å². The highest BCUT2D eigenvalue weighted by atomic mass is 35.5. The smallest absolute Gasteiger partial charge is 0.192 e. The average Bonchev–Trinajstić information content (AvgIpc) is 2.56. The summed E-state index contributed by atoms with van der Waals surface area (Å²) in [6.07, 6.45) is 0. The van der Waals surface area contributed by atoms with Gasteiger partial charge in [-0.25, -0.2) is 0 Å². The van der Waals surface area contributed by atoms with Gasteiger partial charge in [0.1, 0.15) is 0 Å². The van der Waals surface area contributed by atoms with Crippen LogP contribution >= 0.6 is 23.2 Å². The maximum atomic E-state index is 5.95. The van der Waals surface area contributed by atoms with Gasteiger partial charge in [-0.2, -0.15) is 5.12 Å². The molecule has 1 atom stereocenters. The third-order valence-corrected chi connectivity index (χ3v) is 2.23. The first-order chi connectivity index (χ1) is 6.66. The van der Waals surface area contributed by atoms with Crippen LogP contribution in [0, 0.1) is 7.05 Å². The van der Waals surface area contributed by atoms with Crippen LogP contribution in [0.15, 0.2) is 33.6 Å². The van der Waals surface area contributed by atoms with E-state index >= 15 is 0 Å². The zero-order chi connectivity index (χ0) is 10.1. The second-order valence-electron chi connectivity index (χ2n) is 2.68. The Hall–Kier alpha value is -0.970. The largest absolute Gasteiger partial charge is 0.242 e. The molecule has 1 aromatic carbocycles. The van der Waals surface area contributed by atoms with Gasteiger partial charge in [0.05, 0.1) is 5.02 Å². The number of nitrogens with one attached hydrogen (secondary N) is 1. The second kappa shape index (κ2) is 3.65. The first kappa shape index (κ1) is 9.58. The number of hydrogen-bond donors (Lipinski definition) is 1.